The van der Waals surface area contributed by atoms with Gasteiger partial charge in [-0.15, -0.1) is 0 Å². The van der Waals surface area contributed by atoms with Crippen LogP contribution in [0.15, 0.2) is 48.8 Å². The van der Waals surface area contributed by atoms with Crippen molar-refractivity contribution in [3.63, 3.8) is 0 Å². The highest BCUT2D eigenvalue weighted by Gasteiger charge is 2.20. The second-order valence-corrected chi connectivity index (χ2v) is 6.49. The number of nitrogens with zero attached hydrogens (tertiary/aromatic N) is 4. The number of benzene rings is 1. The second-order valence-electron chi connectivity index (χ2n) is 6.49. The highest BCUT2D eigenvalue weighted by Crippen LogP contribution is 2.33. The molecule has 138 valence electrons. The predicted molar refractivity (Wildman–Crippen MR) is 98.3 cm³/mol. The molecule has 0 radical (unpaired) electrons. The monoisotopic (exact) mass is 364 g/mol. The molecule has 7 heteroatoms. The van der Waals surface area contributed by atoms with Gasteiger partial charge in [-0.2, -0.15) is 5.10 Å². The van der Waals surface area contributed by atoms with E-state index in [2.05, 4.69) is 10.1 Å². The number of hydrogen-bond donors (Lipinski definition) is 0. The first-order valence-electron chi connectivity index (χ1n) is 8.67. The van der Waals surface area contributed by atoms with Gasteiger partial charge < -0.3 is 14.4 Å². The minimum atomic E-state index is -0.0710. The van der Waals surface area contributed by atoms with Crippen LogP contribution in [0.4, 0.5) is 0 Å². The lowest BCUT2D eigenvalue weighted by molar-refractivity contribution is 0.0727. The molecule has 3 heterocycles. The van der Waals surface area contributed by atoms with E-state index in [1.807, 2.05) is 42.9 Å². The quantitative estimate of drug-likeness (QED) is 0.696. The van der Waals surface area contributed by atoms with Gasteiger partial charge in [-0.05, 0) is 42.8 Å². The summed E-state index contributed by atoms with van der Waals surface area (Å²) >= 11 is 0. The van der Waals surface area contributed by atoms with Crippen LogP contribution < -0.4 is 9.47 Å². The van der Waals surface area contributed by atoms with Gasteiger partial charge in [-0.3, -0.25) is 14.5 Å². The minimum absolute atomic E-state index is 0.0710. The zero-order valence-corrected chi connectivity index (χ0v) is 15.3. The number of amides is 1. The number of carbonyl (C=O) groups is 1. The number of fused-ring (bicyclic) bond motifs is 1. The molecular weight excluding hydrogens is 344 g/mol. The molecule has 4 rings (SSSR count). The summed E-state index contributed by atoms with van der Waals surface area (Å²) in [5, 5.41) is 4.49. The molecule has 0 N–H and O–H groups in total. The smallest absolute Gasteiger partial charge is 0.254 e. The van der Waals surface area contributed by atoms with Gasteiger partial charge in [0.05, 0.1) is 12.2 Å². The van der Waals surface area contributed by atoms with Crippen molar-refractivity contribution in [3.05, 3.63) is 71.3 Å². The maximum atomic E-state index is 13.1. The lowest BCUT2D eigenvalue weighted by Gasteiger charge is -2.22. The normalized spacial score (nSPS) is 12.2. The molecule has 0 saturated carbocycles. The van der Waals surface area contributed by atoms with Gasteiger partial charge in [0.15, 0.2) is 11.5 Å². The van der Waals surface area contributed by atoms with Gasteiger partial charge in [-0.1, -0.05) is 6.07 Å². The van der Waals surface area contributed by atoms with Crippen molar-refractivity contribution in [3.8, 4) is 11.5 Å². The van der Waals surface area contributed by atoms with Gasteiger partial charge in [-0.25, -0.2) is 0 Å². The van der Waals surface area contributed by atoms with Gasteiger partial charge in [0.25, 0.3) is 5.91 Å². The molecule has 0 spiro atoms. The SMILES string of the molecule is Cc1cc(CN(Cc2ccc3c(c2)OCO3)C(=O)c2ccncc2)nn1C. The third-order valence-electron chi connectivity index (χ3n) is 4.54. The lowest BCUT2D eigenvalue weighted by atomic mass is 10.1. The molecule has 27 heavy (non-hydrogen) atoms. The summed E-state index contributed by atoms with van der Waals surface area (Å²) in [7, 11) is 1.89. The number of hydrogen-bond acceptors (Lipinski definition) is 5. The number of aromatic nitrogens is 3. The van der Waals surface area contributed by atoms with E-state index in [0.717, 1.165) is 22.7 Å². The predicted octanol–water partition coefficient (Wildman–Crippen LogP) is 2.69. The average molecular weight is 364 g/mol. The lowest BCUT2D eigenvalue weighted by Crippen LogP contribution is -2.30. The zero-order chi connectivity index (χ0) is 18.8. The summed E-state index contributed by atoms with van der Waals surface area (Å²) in [6, 6.07) is 11.2. The third kappa shape index (κ3) is 3.62. The Morgan fingerprint density at radius 2 is 1.89 bits per heavy atom. The summed E-state index contributed by atoms with van der Waals surface area (Å²) in [4.78, 5) is 18.9. The van der Waals surface area contributed by atoms with E-state index in [9.17, 15) is 4.79 Å². The molecule has 2 aromatic heterocycles. The number of aryl methyl sites for hydroxylation is 2. The number of carbonyl (C=O) groups excluding carboxylic acids is 1. The summed E-state index contributed by atoms with van der Waals surface area (Å²) < 4.78 is 12.6. The van der Waals surface area contributed by atoms with Crippen molar-refractivity contribution >= 4 is 5.91 Å². The third-order valence-corrected chi connectivity index (χ3v) is 4.54. The van der Waals surface area contributed by atoms with Crippen molar-refractivity contribution < 1.29 is 14.3 Å². The van der Waals surface area contributed by atoms with Crippen LogP contribution >= 0.6 is 0 Å². The Balaban J connectivity index is 1.61. The maximum absolute atomic E-state index is 13.1. The topological polar surface area (TPSA) is 69.5 Å². The fourth-order valence-electron chi connectivity index (χ4n) is 3.04. The molecule has 0 atom stereocenters. The summed E-state index contributed by atoms with van der Waals surface area (Å²) in [6.45, 7) is 3.07. The zero-order valence-electron chi connectivity index (χ0n) is 15.3. The summed E-state index contributed by atoms with van der Waals surface area (Å²) in [5.41, 5.74) is 3.45. The molecule has 1 aromatic carbocycles. The Kier molecular flexibility index (Phi) is 4.50. The first-order chi connectivity index (χ1) is 13.1. The van der Waals surface area contributed by atoms with Crippen LogP contribution in [-0.4, -0.2) is 32.4 Å². The van der Waals surface area contributed by atoms with E-state index in [0.29, 0.717) is 24.4 Å². The first-order valence-corrected chi connectivity index (χ1v) is 8.67. The van der Waals surface area contributed by atoms with Crippen molar-refractivity contribution in [1.82, 2.24) is 19.7 Å². The average Bonchev–Trinajstić information content (AvgIpc) is 3.27. The van der Waals surface area contributed by atoms with Crippen molar-refractivity contribution in [2.75, 3.05) is 6.79 Å². The Labute approximate surface area is 157 Å². The van der Waals surface area contributed by atoms with Gasteiger partial charge in [0.1, 0.15) is 0 Å². The molecule has 1 aliphatic rings. The molecule has 0 bridgehead atoms. The van der Waals surface area contributed by atoms with E-state index in [4.69, 9.17) is 9.47 Å². The van der Waals surface area contributed by atoms with Crippen molar-refractivity contribution in [1.29, 1.82) is 0 Å². The van der Waals surface area contributed by atoms with E-state index in [1.165, 1.54) is 0 Å². The fourth-order valence-corrected chi connectivity index (χ4v) is 3.04. The van der Waals surface area contributed by atoms with Crippen LogP contribution in [0.3, 0.4) is 0 Å². The van der Waals surface area contributed by atoms with Crippen molar-refractivity contribution in [2.45, 2.75) is 20.0 Å². The Morgan fingerprint density at radius 3 is 2.63 bits per heavy atom. The second kappa shape index (κ2) is 7.11. The van der Waals surface area contributed by atoms with Gasteiger partial charge in [0.2, 0.25) is 6.79 Å². The molecular formula is C20H20N4O3. The summed E-state index contributed by atoms with van der Waals surface area (Å²) in [5.74, 6) is 1.36. The van der Waals surface area contributed by atoms with Crippen LogP contribution in [0.2, 0.25) is 0 Å². The molecule has 7 nitrogen and oxygen atoms in total. The van der Waals surface area contributed by atoms with Gasteiger partial charge in [0, 0.05) is 37.2 Å². The number of ether oxygens (including phenoxy) is 2. The van der Waals surface area contributed by atoms with E-state index < -0.39 is 0 Å². The molecule has 0 aliphatic carbocycles. The van der Waals surface area contributed by atoms with E-state index >= 15 is 0 Å². The van der Waals surface area contributed by atoms with Crippen LogP contribution in [0, 0.1) is 6.92 Å². The minimum Gasteiger partial charge on any atom is -0.454 e. The molecule has 0 saturated heterocycles. The molecule has 1 amide bonds. The Hall–Kier alpha value is -3.35. The van der Waals surface area contributed by atoms with Crippen LogP contribution in [0.25, 0.3) is 0 Å². The highest BCUT2D eigenvalue weighted by molar-refractivity contribution is 5.94. The van der Waals surface area contributed by atoms with E-state index in [-0.39, 0.29) is 12.7 Å². The maximum Gasteiger partial charge on any atom is 0.254 e. The molecule has 0 fully saturated rings. The molecule has 3 aromatic rings. The van der Waals surface area contributed by atoms with Crippen molar-refractivity contribution in [2.24, 2.45) is 7.05 Å². The Morgan fingerprint density at radius 1 is 1.11 bits per heavy atom. The highest BCUT2D eigenvalue weighted by atomic mass is 16.7. The number of rotatable bonds is 5. The number of pyridine rings is 1. The largest absolute Gasteiger partial charge is 0.454 e. The van der Waals surface area contributed by atoms with E-state index in [1.54, 1.807) is 29.4 Å². The van der Waals surface area contributed by atoms with Crippen LogP contribution in [0.1, 0.15) is 27.3 Å². The standard InChI is InChI=1S/C20H20N4O3/c1-14-9-17(22-23(14)2)12-24(20(25)16-5-7-21-8-6-16)11-15-3-4-18-19(10-15)27-13-26-18/h3-10H,11-13H2,1-2H3. The Bertz CT molecular complexity index is 949. The first kappa shape index (κ1) is 17.1. The summed E-state index contributed by atoms with van der Waals surface area (Å²) in [6.07, 6.45) is 3.24. The van der Waals surface area contributed by atoms with Gasteiger partial charge >= 0.3 is 0 Å². The molecule has 0 unspecified atom stereocenters. The fraction of sp³-hybridized carbons (Fsp3) is 0.250. The van der Waals surface area contributed by atoms with Crippen LogP contribution in [0.5, 0.6) is 11.5 Å². The van der Waals surface area contributed by atoms with Crippen LogP contribution in [-0.2, 0) is 20.1 Å². The molecule has 1 aliphatic heterocycles.